The van der Waals surface area contributed by atoms with Gasteiger partial charge >= 0.3 is 0 Å². The lowest BCUT2D eigenvalue weighted by Crippen LogP contribution is -2.52. The minimum absolute atomic E-state index is 0.0434. The highest BCUT2D eigenvalue weighted by Gasteiger charge is 2.36. The summed E-state index contributed by atoms with van der Waals surface area (Å²) in [6, 6.07) is 4.47. The van der Waals surface area contributed by atoms with Crippen molar-refractivity contribution in [1.82, 2.24) is 10.2 Å². The van der Waals surface area contributed by atoms with Crippen molar-refractivity contribution in [1.29, 1.82) is 0 Å². The van der Waals surface area contributed by atoms with E-state index in [9.17, 15) is 9.59 Å². The number of rotatable bonds is 7. The Labute approximate surface area is 161 Å². The summed E-state index contributed by atoms with van der Waals surface area (Å²) < 4.78 is 10.4. The van der Waals surface area contributed by atoms with Gasteiger partial charge in [-0.25, -0.2) is 0 Å². The Morgan fingerprint density at radius 3 is 2.26 bits per heavy atom. The average molecular weight is 377 g/mol. The number of nitrogens with two attached hydrogens (primary N) is 1. The summed E-state index contributed by atoms with van der Waals surface area (Å²) in [6.07, 6.45) is 0.897. The number of likely N-dealkylation sites (tertiary alicyclic amines) is 1. The molecule has 0 aliphatic carbocycles. The monoisotopic (exact) mass is 377 g/mol. The Hall–Kier alpha value is -2.28. The Balaban J connectivity index is 2.18. The van der Waals surface area contributed by atoms with Gasteiger partial charge in [0.15, 0.2) is 0 Å². The lowest BCUT2D eigenvalue weighted by atomic mass is 10.0. The molecule has 1 saturated heterocycles. The molecule has 1 aliphatic heterocycles. The zero-order valence-electron chi connectivity index (χ0n) is 16.8. The molecule has 0 bridgehead atoms. The van der Waals surface area contributed by atoms with E-state index in [0.717, 1.165) is 6.42 Å². The van der Waals surface area contributed by atoms with Crippen molar-refractivity contribution >= 4 is 11.8 Å². The van der Waals surface area contributed by atoms with Gasteiger partial charge in [0.2, 0.25) is 5.91 Å². The van der Waals surface area contributed by atoms with Gasteiger partial charge in [0.25, 0.3) is 5.91 Å². The first-order valence-electron chi connectivity index (χ1n) is 9.35. The van der Waals surface area contributed by atoms with Crippen molar-refractivity contribution < 1.29 is 19.1 Å². The van der Waals surface area contributed by atoms with Crippen LogP contribution in [0, 0.1) is 11.8 Å². The van der Waals surface area contributed by atoms with Crippen LogP contribution in [0.4, 0.5) is 0 Å². The number of nitrogens with zero attached hydrogens (tertiary/aromatic N) is 1. The molecule has 0 radical (unpaired) electrons. The molecule has 7 heteroatoms. The second kappa shape index (κ2) is 9.08. The molecular weight excluding hydrogens is 346 g/mol. The van der Waals surface area contributed by atoms with Gasteiger partial charge in [-0.15, -0.1) is 0 Å². The van der Waals surface area contributed by atoms with Crippen LogP contribution in [0.5, 0.6) is 11.5 Å². The molecule has 3 atom stereocenters. The standard InChI is InChI=1S/C20H31N3O4/c1-12(2)18(20(25)23-11-14(10-21)6-13(23)3)22-19(24)15-7-16(26-4)9-17(8-15)27-5/h7-9,12-14,18H,6,10-11,21H2,1-5H3,(H,22,24). The fourth-order valence-electron chi connectivity index (χ4n) is 3.48. The predicted molar refractivity (Wildman–Crippen MR) is 104 cm³/mol. The van der Waals surface area contributed by atoms with E-state index in [0.29, 0.717) is 36.1 Å². The van der Waals surface area contributed by atoms with E-state index in [1.807, 2.05) is 25.7 Å². The molecular formula is C20H31N3O4. The summed E-state index contributed by atoms with van der Waals surface area (Å²) in [4.78, 5) is 27.7. The molecule has 0 saturated carbocycles. The molecule has 27 heavy (non-hydrogen) atoms. The summed E-state index contributed by atoms with van der Waals surface area (Å²) in [5, 5.41) is 2.89. The zero-order valence-corrected chi connectivity index (χ0v) is 16.8. The Bertz CT molecular complexity index is 655. The van der Waals surface area contributed by atoms with E-state index in [4.69, 9.17) is 15.2 Å². The third kappa shape index (κ3) is 4.91. The fraction of sp³-hybridized carbons (Fsp3) is 0.600. The smallest absolute Gasteiger partial charge is 0.252 e. The number of carbonyl (C=O) groups is 2. The number of ether oxygens (including phenoxy) is 2. The lowest BCUT2D eigenvalue weighted by Gasteiger charge is -2.29. The highest BCUT2D eigenvalue weighted by atomic mass is 16.5. The molecule has 1 fully saturated rings. The van der Waals surface area contributed by atoms with Crippen LogP contribution in [0.15, 0.2) is 18.2 Å². The third-order valence-corrected chi connectivity index (χ3v) is 5.11. The van der Waals surface area contributed by atoms with Crippen molar-refractivity contribution in [3.63, 3.8) is 0 Å². The first kappa shape index (κ1) is 21.0. The molecule has 3 unspecified atom stereocenters. The second-order valence-corrected chi connectivity index (χ2v) is 7.47. The maximum absolute atomic E-state index is 13.1. The molecule has 0 aromatic heterocycles. The number of hydrogen-bond acceptors (Lipinski definition) is 5. The number of nitrogens with one attached hydrogen (secondary N) is 1. The van der Waals surface area contributed by atoms with Gasteiger partial charge in [-0.2, -0.15) is 0 Å². The topological polar surface area (TPSA) is 93.9 Å². The van der Waals surface area contributed by atoms with Gasteiger partial charge in [0.1, 0.15) is 17.5 Å². The van der Waals surface area contributed by atoms with Crippen LogP contribution in [0.3, 0.4) is 0 Å². The highest BCUT2D eigenvalue weighted by molar-refractivity contribution is 5.98. The van der Waals surface area contributed by atoms with Gasteiger partial charge in [-0.3, -0.25) is 9.59 Å². The Morgan fingerprint density at radius 1 is 1.22 bits per heavy atom. The van der Waals surface area contributed by atoms with Crippen molar-refractivity contribution in [2.75, 3.05) is 27.3 Å². The van der Waals surface area contributed by atoms with Crippen molar-refractivity contribution in [3.05, 3.63) is 23.8 Å². The van der Waals surface area contributed by atoms with E-state index >= 15 is 0 Å². The van der Waals surface area contributed by atoms with Crippen LogP contribution >= 0.6 is 0 Å². The van der Waals surface area contributed by atoms with Gasteiger partial charge in [0.05, 0.1) is 14.2 Å². The van der Waals surface area contributed by atoms with Crippen LogP contribution in [-0.4, -0.2) is 56.1 Å². The molecule has 1 aromatic rings. The highest BCUT2D eigenvalue weighted by Crippen LogP contribution is 2.25. The maximum Gasteiger partial charge on any atom is 0.252 e. The number of methoxy groups -OCH3 is 2. The minimum atomic E-state index is -0.603. The van der Waals surface area contributed by atoms with Crippen LogP contribution in [0.2, 0.25) is 0 Å². The lowest BCUT2D eigenvalue weighted by molar-refractivity contribution is -0.135. The summed E-state index contributed by atoms with van der Waals surface area (Å²) in [6.45, 7) is 7.09. The molecule has 1 aromatic carbocycles. The Kier molecular flexibility index (Phi) is 7.07. The number of hydrogen-bond donors (Lipinski definition) is 2. The van der Waals surface area contributed by atoms with E-state index in [2.05, 4.69) is 5.32 Å². The van der Waals surface area contributed by atoms with E-state index in [1.54, 1.807) is 18.2 Å². The molecule has 7 nitrogen and oxygen atoms in total. The molecule has 2 amide bonds. The van der Waals surface area contributed by atoms with Gasteiger partial charge in [0, 0.05) is 24.2 Å². The van der Waals surface area contributed by atoms with Crippen molar-refractivity contribution in [3.8, 4) is 11.5 Å². The van der Waals surface area contributed by atoms with Gasteiger partial charge in [-0.1, -0.05) is 13.8 Å². The zero-order chi connectivity index (χ0) is 20.1. The average Bonchev–Trinajstić information content (AvgIpc) is 3.05. The summed E-state index contributed by atoms with van der Waals surface area (Å²) >= 11 is 0. The molecule has 150 valence electrons. The number of amides is 2. The fourth-order valence-corrected chi connectivity index (χ4v) is 3.48. The minimum Gasteiger partial charge on any atom is -0.497 e. The normalized spacial score (nSPS) is 20.5. The molecule has 2 rings (SSSR count). The van der Waals surface area contributed by atoms with Gasteiger partial charge < -0.3 is 25.4 Å². The first-order valence-corrected chi connectivity index (χ1v) is 9.35. The second-order valence-electron chi connectivity index (χ2n) is 7.47. The van der Waals surface area contributed by atoms with Gasteiger partial charge in [-0.05, 0) is 43.9 Å². The SMILES string of the molecule is COc1cc(OC)cc(C(=O)NC(C(=O)N2CC(CN)CC2C)C(C)C)c1. The third-order valence-electron chi connectivity index (χ3n) is 5.11. The number of benzene rings is 1. The molecule has 1 aliphatic rings. The summed E-state index contributed by atoms with van der Waals surface area (Å²) in [5.74, 6) is 0.920. The van der Waals surface area contributed by atoms with E-state index < -0.39 is 6.04 Å². The van der Waals surface area contributed by atoms with E-state index in [-0.39, 0.29) is 23.8 Å². The quantitative estimate of drug-likeness (QED) is 0.754. The maximum atomic E-state index is 13.1. The Morgan fingerprint density at radius 2 is 1.81 bits per heavy atom. The predicted octanol–water partition coefficient (Wildman–Crippen LogP) is 1.65. The largest absolute Gasteiger partial charge is 0.497 e. The van der Waals surface area contributed by atoms with Crippen molar-refractivity contribution in [2.24, 2.45) is 17.6 Å². The summed E-state index contributed by atoms with van der Waals surface area (Å²) in [5.41, 5.74) is 6.16. The summed E-state index contributed by atoms with van der Waals surface area (Å²) in [7, 11) is 3.05. The van der Waals surface area contributed by atoms with Crippen LogP contribution < -0.4 is 20.5 Å². The van der Waals surface area contributed by atoms with Crippen molar-refractivity contribution in [2.45, 2.75) is 39.3 Å². The van der Waals surface area contributed by atoms with Crippen LogP contribution in [-0.2, 0) is 4.79 Å². The molecule has 0 spiro atoms. The molecule has 1 heterocycles. The number of carbonyl (C=O) groups excluding carboxylic acids is 2. The van der Waals surface area contributed by atoms with E-state index in [1.165, 1.54) is 14.2 Å². The molecule has 3 N–H and O–H groups in total. The van der Waals surface area contributed by atoms with Crippen LogP contribution in [0.25, 0.3) is 0 Å². The first-order chi connectivity index (χ1) is 12.8. The van der Waals surface area contributed by atoms with Crippen LogP contribution in [0.1, 0.15) is 37.6 Å².